The summed E-state index contributed by atoms with van der Waals surface area (Å²) in [6, 6.07) is -0.235. The molecule has 1 aromatic heterocycles. The number of aromatic nitrogens is 2. The molecular formula is C19H30N4O3. The van der Waals surface area contributed by atoms with E-state index >= 15 is 0 Å². The van der Waals surface area contributed by atoms with Crippen LogP contribution in [-0.2, 0) is 9.59 Å². The molecule has 1 saturated carbocycles. The predicted octanol–water partition coefficient (Wildman–Crippen LogP) is 2.72. The van der Waals surface area contributed by atoms with Gasteiger partial charge in [-0.25, -0.2) is 0 Å². The smallest absolute Gasteiger partial charge is 0.249 e. The van der Waals surface area contributed by atoms with Gasteiger partial charge in [-0.1, -0.05) is 31.8 Å². The van der Waals surface area contributed by atoms with Crippen LogP contribution in [0.3, 0.4) is 0 Å². The van der Waals surface area contributed by atoms with Crippen molar-refractivity contribution in [1.82, 2.24) is 19.9 Å². The summed E-state index contributed by atoms with van der Waals surface area (Å²) in [7, 11) is 0. The largest absolute Gasteiger partial charge is 0.341 e. The minimum atomic E-state index is -0.235. The number of carbonyl (C=O) groups is 2. The van der Waals surface area contributed by atoms with Gasteiger partial charge in [0.1, 0.15) is 6.04 Å². The lowest BCUT2D eigenvalue weighted by atomic mass is 10.0. The summed E-state index contributed by atoms with van der Waals surface area (Å²) in [5.74, 6) is 1.84. The number of hydrogen-bond donors (Lipinski definition) is 0. The first-order chi connectivity index (χ1) is 12.5. The maximum absolute atomic E-state index is 13.1. The molecule has 3 rings (SSSR count). The third-order valence-corrected chi connectivity index (χ3v) is 5.41. The Balaban J connectivity index is 1.79. The molecule has 2 heterocycles. The van der Waals surface area contributed by atoms with Crippen LogP contribution < -0.4 is 0 Å². The van der Waals surface area contributed by atoms with Crippen LogP contribution in [0.4, 0.5) is 0 Å². The number of nitrogens with zero attached hydrogens (tertiary/aromatic N) is 4. The quantitative estimate of drug-likeness (QED) is 0.823. The molecule has 1 aliphatic carbocycles. The van der Waals surface area contributed by atoms with Crippen LogP contribution in [0.1, 0.15) is 70.1 Å². The molecule has 7 heteroatoms. The van der Waals surface area contributed by atoms with Crippen molar-refractivity contribution in [2.75, 3.05) is 19.6 Å². The van der Waals surface area contributed by atoms with Gasteiger partial charge >= 0.3 is 0 Å². The first-order valence-electron chi connectivity index (χ1n) is 9.84. The lowest BCUT2D eigenvalue weighted by Crippen LogP contribution is -2.41. The van der Waals surface area contributed by atoms with Crippen LogP contribution in [-0.4, -0.2) is 51.4 Å². The molecular weight excluding hydrogens is 332 g/mol. The Morgan fingerprint density at radius 2 is 1.88 bits per heavy atom. The summed E-state index contributed by atoms with van der Waals surface area (Å²) < 4.78 is 5.40. The molecule has 1 saturated heterocycles. The molecule has 2 aliphatic rings. The Kier molecular flexibility index (Phi) is 5.94. The molecule has 1 aliphatic heterocycles. The van der Waals surface area contributed by atoms with E-state index in [1.807, 2.05) is 9.80 Å². The van der Waals surface area contributed by atoms with E-state index in [2.05, 4.69) is 24.0 Å². The van der Waals surface area contributed by atoms with Gasteiger partial charge in [0.2, 0.25) is 17.7 Å². The minimum Gasteiger partial charge on any atom is -0.341 e. The summed E-state index contributed by atoms with van der Waals surface area (Å²) in [5.41, 5.74) is 0. The van der Waals surface area contributed by atoms with Crippen LogP contribution in [0, 0.1) is 18.8 Å². The van der Waals surface area contributed by atoms with Crippen molar-refractivity contribution in [2.24, 2.45) is 11.8 Å². The Hall–Kier alpha value is -1.92. The second kappa shape index (κ2) is 8.18. The fourth-order valence-corrected chi connectivity index (χ4v) is 4.03. The molecule has 0 aromatic carbocycles. The van der Waals surface area contributed by atoms with E-state index in [9.17, 15) is 9.59 Å². The average Bonchev–Trinajstić information content (AvgIpc) is 3.21. The maximum Gasteiger partial charge on any atom is 0.249 e. The number of aryl methyl sites for hydroxylation is 1. The molecule has 2 amide bonds. The Morgan fingerprint density at radius 1 is 1.15 bits per heavy atom. The predicted molar refractivity (Wildman–Crippen MR) is 96.1 cm³/mol. The van der Waals surface area contributed by atoms with Gasteiger partial charge < -0.3 is 14.3 Å². The van der Waals surface area contributed by atoms with Gasteiger partial charge in [-0.05, 0) is 32.1 Å². The summed E-state index contributed by atoms with van der Waals surface area (Å²) in [4.78, 5) is 33.8. The normalized spacial score (nSPS) is 22.1. The second-order valence-corrected chi connectivity index (χ2v) is 7.98. The van der Waals surface area contributed by atoms with Crippen molar-refractivity contribution in [3.8, 4) is 0 Å². The minimum absolute atomic E-state index is 0.0967. The van der Waals surface area contributed by atoms with Crippen molar-refractivity contribution in [3.63, 3.8) is 0 Å². The Bertz CT molecular complexity index is 636. The number of rotatable bonds is 4. The summed E-state index contributed by atoms with van der Waals surface area (Å²) >= 11 is 0. The highest BCUT2D eigenvalue weighted by Gasteiger charge is 2.37. The molecule has 144 valence electrons. The monoisotopic (exact) mass is 362 g/mol. The van der Waals surface area contributed by atoms with Crippen molar-refractivity contribution >= 4 is 11.8 Å². The van der Waals surface area contributed by atoms with Gasteiger partial charge in [-0.15, -0.1) is 0 Å². The molecule has 0 bridgehead atoms. The molecule has 2 fully saturated rings. The Labute approximate surface area is 155 Å². The Morgan fingerprint density at radius 3 is 2.50 bits per heavy atom. The van der Waals surface area contributed by atoms with E-state index in [4.69, 9.17) is 4.52 Å². The second-order valence-electron chi connectivity index (χ2n) is 7.98. The zero-order valence-corrected chi connectivity index (χ0v) is 16.1. The summed E-state index contributed by atoms with van der Waals surface area (Å²) in [6.45, 7) is 7.61. The van der Waals surface area contributed by atoms with Crippen LogP contribution in [0.15, 0.2) is 4.52 Å². The van der Waals surface area contributed by atoms with Crippen LogP contribution >= 0.6 is 0 Å². The fraction of sp³-hybridized carbons (Fsp3) is 0.789. The molecule has 1 aromatic rings. The molecule has 1 atom stereocenters. The van der Waals surface area contributed by atoms with Crippen molar-refractivity contribution in [3.05, 3.63) is 11.7 Å². The van der Waals surface area contributed by atoms with E-state index < -0.39 is 0 Å². The molecule has 0 radical (unpaired) electrons. The summed E-state index contributed by atoms with van der Waals surface area (Å²) in [6.07, 6.45) is 5.34. The van der Waals surface area contributed by atoms with Crippen LogP contribution in [0.25, 0.3) is 0 Å². The SMILES string of the molecule is Cc1noc(C2CCN(C(=O)CC(C)C)CCN2C(=O)C2CCCC2)n1. The first kappa shape index (κ1) is 18.9. The number of hydrogen-bond acceptors (Lipinski definition) is 5. The van der Waals surface area contributed by atoms with Crippen molar-refractivity contribution in [1.29, 1.82) is 0 Å². The fourth-order valence-electron chi connectivity index (χ4n) is 4.03. The molecule has 26 heavy (non-hydrogen) atoms. The van der Waals surface area contributed by atoms with Gasteiger partial charge in [0.15, 0.2) is 5.82 Å². The highest BCUT2D eigenvalue weighted by molar-refractivity contribution is 5.80. The highest BCUT2D eigenvalue weighted by Crippen LogP contribution is 2.32. The zero-order valence-electron chi connectivity index (χ0n) is 16.1. The lowest BCUT2D eigenvalue weighted by Gasteiger charge is -2.29. The van der Waals surface area contributed by atoms with Crippen LogP contribution in [0.2, 0.25) is 0 Å². The molecule has 0 N–H and O–H groups in total. The van der Waals surface area contributed by atoms with E-state index in [1.54, 1.807) is 6.92 Å². The van der Waals surface area contributed by atoms with Gasteiger partial charge in [-0.3, -0.25) is 9.59 Å². The third kappa shape index (κ3) is 4.24. The van der Waals surface area contributed by atoms with Crippen LogP contribution in [0.5, 0.6) is 0 Å². The topological polar surface area (TPSA) is 79.5 Å². The summed E-state index contributed by atoms with van der Waals surface area (Å²) in [5, 5.41) is 3.90. The van der Waals surface area contributed by atoms with Crippen molar-refractivity contribution in [2.45, 2.75) is 65.3 Å². The van der Waals surface area contributed by atoms with Gasteiger partial charge in [0.25, 0.3) is 0 Å². The number of amides is 2. The van der Waals surface area contributed by atoms with E-state index in [-0.39, 0.29) is 23.8 Å². The van der Waals surface area contributed by atoms with E-state index in [0.29, 0.717) is 50.1 Å². The van der Waals surface area contributed by atoms with Crippen molar-refractivity contribution < 1.29 is 14.1 Å². The van der Waals surface area contributed by atoms with E-state index in [1.165, 1.54) is 0 Å². The van der Waals surface area contributed by atoms with Gasteiger partial charge in [0, 0.05) is 32.0 Å². The van der Waals surface area contributed by atoms with Gasteiger partial charge in [0.05, 0.1) is 0 Å². The highest BCUT2D eigenvalue weighted by atomic mass is 16.5. The van der Waals surface area contributed by atoms with Gasteiger partial charge in [-0.2, -0.15) is 4.98 Å². The lowest BCUT2D eigenvalue weighted by molar-refractivity contribution is -0.139. The molecule has 1 unspecified atom stereocenters. The van der Waals surface area contributed by atoms with E-state index in [0.717, 1.165) is 25.7 Å². The standard InChI is InChI=1S/C19H30N4O3/c1-13(2)12-17(24)22-9-8-16(18-20-14(3)21-26-18)23(11-10-22)19(25)15-6-4-5-7-15/h13,15-16H,4-12H2,1-3H3. The zero-order chi connectivity index (χ0) is 18.7. The molecule has 7 nitrogen and oxygen atoms in total. The first-order valence-corrected chi connectivity index (χ1v) is 9.84. The third-order valence-electron chi connectivity index (χ3n) is 5.41. The maximum atomic E-state index is 13.1. The number of carbonyl (C=O) groups excluding carboxylic acids is 2. The molecule has 0 spiro atoms. The average molecular weight is 362 g/mol.